The van der Waals surface area contributed by atoms with Crippen LogP contribution in [0.25, 0.3) is 0 Å². The van der Waals surface area contributed by atoms with Crippen LogP contribution in [0.4, 0.5) is 4.39 Å². The minimum atomic E-state index is -0.297. The van der Waals surface area contributed by atoms with Gasteiger partial charge in [-0.05, 0) is 56.2 Å². The molecule has 1 aromatic carbocycles. The zero-order valence-corrected chi connectivity index (χ0v) is 16.6. The molecule has 5 nitrogen and oxygen atoms in total. The monoisotopic (exact) mass is 387 g/mol. The largest absolute Gasteiger partial charge is 0.342 e. The standard InChI is InChI=1S/C22H30FN3O2/c1-25(20-12-18-8-9-19(13-20)24-18)22(28)16-3-2-10-26(14-16)21(27)11-15-4-6-17(23)7-5-15/h4-7,16,18-20,24H,2-3,8-14H2,1H3. The molecule has 4 rings (SSSR count). The van der Waals surface area contributed by atoms with E-state index in [1.165, 1.54) is 25.0 Å². The summed E-state index contributed by atoms with van der Waals surface area (Å²) in [6.07, 6.45) is 6.49. The minimum Gasteiger partial charge on any atom is -0.342 e. The quantitative estimate of drug-likeness (QED) is 0.863. The van der Waals surface area contributed by atoms with Crippen molar-refractivity contribution < 1.29 is 14.0 Å². The topological polar surface area (TPSA) is 52.7 Å². The molecule has 3 saturated heterocycles. The molecule has 3 aliphatic rings. The predicted octanol–water partition coefficient (Wildman–Crippen LogP) is 2.35. The lowest BCUT2D eigenvalue weighted by atomic mass is 9.93. The van der Waals surface area contributed by atoms with E-state index in [-0.39, 0.29) is 30.0 Å². The zero-order valence-electron chi connectivity index (χ0n) is 16.6. The first-order chi connectivity index (χ1) is 13.5. The Morgan fingerprint density at radius 3 is 2.50 bits per heavy atom. The number of nitrogens with one attached hydrogen (secondary N) is 1. The fourth-order valence-corrected chi connectivity index (χ4v) is 5.11. The van der Waals surface area contributed by atoms with Crippen molar-refractivity contribution in [1.29, 1.82) is 0 Å². The second-order valence-corrected chi connectivity index (χ2v) is 8.69. The van der Waals surface area contributed by atoms with Crippen molar-refractivity contribution in [2.45, 2.75) is 63.1 Å². The summed E-state index contributed by atoms with van der Waals surface area (Å²) in [4.78, 5) is 29.6. The van der Waals surface area contributed by atoms with Crippen LogP contribution in [-0.2, 0) is 16.0 Å². The lowest BCUT2D eigenvalue weighted by Crippen LogP contribution is -2.52. The summed E-state index contributed by atoms with van der Waals surface area (Å²) in [5.74, 6) is -0.199. The van der Waals surface area contributed by atoms with Gasteiger partial charge in [0.2, 0.25) is 11.8 Å². The van der Waals surface area contributed by atoms with Gasteiger partial charge >= 0.3 is 0 Å². The highest BCUT2D eigenvalue weighted by Gasteiger charge is 2.38. The normalized spacial score (nSPS) is 29.6. The number of rotatable bonds is 4. The van der Waals surface area contributed by atoms with Gasteiger partial charge in [0.25, 0.3) is 0 Å². The van der Waals surface area contributed by atoms with Crippen LogP contribution in [0, 0.1) is 11.7 Å². The Morgan fingerprint density at radius 2 is 1.82 bits per heavy atom. The maximum absolute atomic E-state index is 13.1. The Kier molecular flexibility index (Phi) is 5.67. The number of likely N-dealkylation sites (tertiary alicyclic amines) is 1. The third-order valence-corrected chi connectivity index (χ3v) is 6.74. The van der Waals surface area contributed by atoms with E-state index < -0.39 is 0 Å². The lowest BCUT2D eigenvalue weighted by molar-refractivity contribution is -0.141. The van der Waals surface area contributed by atoms with Gasteiger partial charge < -0.3 is 15.1 Å². The van der Waals surface area contributed by atoms with Crippen molar-refractivity contribution in [3.05, 3.63) is 35.6 Å². The first-order valence-corrected chi connectivity index (χ1v) is 10.5. The van der Waals surface area contributed by atoms with Gasteiger partial charge in [0.05, 0.1) is 12.3 Å². The molecule has 0 radical (unpaired) electrons. The maximum Gasteiger partial charge on any atom is 0.227 e. The molecule has 0 spiro atoms. The van der Waals surface area contributed by atoms with Gasteiger partial charge in [-0.2, -0.15) is 0 Å². The van der Waals surface area contributed by atoms with Gasteiger partial charge in [0, 0.05) is 38.3 Å². The smallest absolute Gasteiger partial charge is 0.227 e. The summed E-state index contributed by atoms with van der Waals surface area (Å²) in [7, 11) is 1.94. The summed E-state index contributed by atoms with van der Waals surface area (Å²) in [6.45, 7) is 1.20. The van der Waals surface area contributed by atoms with Crippen LogP contribution in [-0.4, -0.2) is 59.9 Å². The van der Waals surface area contributed by atoms with Crippen molar-refractivity contribution in [3.8, 4) is 0 Å². The molecule has 3 fully saturated rings. The molecular formula is C22H30FN3O2. The SMILES string of the molecule is CN(C(=O)C1CCCN(C(=O)Cc2ccc(F)cc2)C1)C1CC2CCC(C1)N2. The average Bonchev–Trinajstić information content (AvgIpc) is 3.06. The third kappa shape index (κ3) is 4.22. The molecule has 2 amide bonds. The number of piperidine rings is 2. The molecule has 0 saturated carbocycles. The van der Waals surface area contributed by atoms with E-state index in [9.17, 15) is 14.0 Å². The maximum atomic E-state index is 13.1. The van der Waals surface area contributed by atoms with E-state index in [0.717, 1.165) is 31.2 Å². The average molecular weight is 387 g/mol. The predicted molar refractivity (Wildman–Crippen MR) is 105 cm³/mol. The first kappa shape index (κ1) is 19.4. The van der Waals surface area contributed by atoms with Crippen molar-refractivity contribution in [3.63, 3.8) is 0 Å². The Balaban J connectivity index is 1.34. The molecule has 2 bridgehead atoms. The van der Waals surface area contributed by atoms with E-state index in [1.807, 2.05) is 16.8 Å². The van der Waals surface area contributed by atoms with Gasteiger partial charge in [-0.1, -0.05) is 12.1 Å². The molecule has 0 aliphatic carbocycles. The van der Waals surface area contributed by atoms with Crippen LogP contribution in [0.2, 0.25) is 0 Å². The van der Waals surface area contributed by atoms with E-state index in [4.69, 9.17) is 0 Å². The second kappa shape index (κ2) is 8.19. The second-order valence-electron chi connectivity index (χ2n) is 8.69. The van der Waals surface area contributed by atoms with Crippen LogP contribution in [0.1, 0.15) is 44.1 Å². The summed E-state index contributed by atoms with van der Waals surface area (Å²) in [5, 5.41) is 3.63. The molecule has 1 N–H and O–H groups in total. The molecular weight excluding hydrogens is 357 g/mol. The highest BCUT2D eigenvalue weighted by atomic mass is 19.1. The molecule has 3 heterocycles. The molecule has 1 aromatic rings. The van der Waals surface area contributed by atoms with Crippen LogP contribution in [0.3, 0.4) is 0 Å². The number of halogens is 1. The summed E-state index contributed by atoms with van der Waals surface area (Å²) < 4.78 is 13.1. The third-order valence-electron chi connectivity index (χ3n) is 6.74. The Morgan fingerprint density at radius 1 is 1.14 bits per heavy atom. The summed E-state index contributed by atoms with van der Waals surface area (Å²) >= 11 is 0. The number of benzene rings is 1. The van der Waals surface area contributed by atoms with Crippen molar-refractivity contribution in [2.75, 3.05) is 20.1 Å². The van der Waals surface area contributed by atoms with Gasteiger partial charge in [0.1, 0.15) is 5.82 Å². The van der Waals surface area contributed by atoms with E-state index in [0.29, 0.717) is 31.2 Å². The number of carbonyl (C=O) groups excluding carboxylic acids is 2. The Labute approximate surface area is 166 Å². The van der Waals surface area contributed by atoms with E-state index >= 15 is 0 Å². The van der Waals surface area contributed by atoms with Crippen molar-refractivity contribution in [1.82, 2.24) is 15.1 Å². The fraction of sp³-hybridized carbons (Fsp3) is 0.636. The Hall–Kier alpha value is -1.95. The minimum absolute atomic E-state index is 0.0201. The van der Waals surface area contributed by atoms with E-state index in [2.05, 4.69) is 5.32 Å². The molecule has 3 aliphatic heterocycles. The number of fused-ring (bicyclic) bond motifs is 2. The van der Waals surface area contributed by atoms with Gasteiger partial charge in [0.15, 0.2) is 0 Å². The molecule has 3 atom stereocenters. The van der Waals surface area contributed by atoms with Gasteiger partial charge in [-0.3, -0.25) is 9.59 Å². The van der Waals surface area contributed by atoms with E-state index in [1.54, 1.807) is 12.1 Å². The lowest BCUT2D eigenvalue weighted by Gasteiger charge is -2.39. The number of amides is 2. The molecule has 152 valence electrons. The Bertz CT molecular complexity index is 711. The summed E-state index contributed by atoms with van der Waals surface area (Å²) in [5.41, 5.74) is 0.808. The van der Waals surface area contributed by atoms with Gasteiger partial charge in [-0.15, -0.1) is 0 Å². The van der Waals surface area contributed by atoms with Gasteiger partial charge in [-0.25, -0.2) is 4.39 Å². The fourth-order valence-electron chi connectivity index (χ4n) is 5.11. The number of carbonyl (C=O) groups is 2. The number of hydrogen-bond acceptors (Lipinski definition) is 3. The molecule has 28 heavy (non-hydrogen) atoms. The number of hydrogen-bond donors (Lipinski definition) is 1. The van der Waals surface area contributed by atoms with Crippen LogP contribution in [0.5, 0.6) is 0 Å². The molecule has 6 heteroatoms. The highest BCUT2D eigenvalue weighted by Crippen LogP contribution is 2.30. The highest BCUT2D eigenvalue weighted by molar-refractivity contribution is 5.82. The van der Waals surface area contributed by atoms with Crippen molar-refractivity contribution in [2.24, 2.45) is 5.92 Å². The van der Waals surface area contributed by atoms with Crippen molar-refractivity contribution >= 4 is 11.8 Å². The first-order valence-electron chi connectivity index (χ1n) is 10.5. The zero-order chi connectivity index (χ0) is 19.7. The van der Waals surface area contributed by atoms with Crippen LogP contribution in [0.15, 0.2) is 24.3 Å². The molecule has 0 aromatic heterocycles. The molecule has 3 unspecified atom stereocenters. The number of nitrogens with zero attached hydrogens (tertiary/aromatic N) is 2. The van der Waals surface area contributed by atoms with Crippen LogP contribution >= 0.6 is 0 Å². The summed E-state index contributed by atoms with van der Waals surface area (Å²) in [6, 6.07) is 7.49. The van der Waals surface area contributed by atoms with Crippen LogP contribution < -0.4 is 5.32 Å².